The smallest absolute Gasteiger partial charge is 0.353 e. The Kier molecular flexibility index (Phi) is 39.6. The number of thiophene rings is 4. The van der Waals surface area contributed by atoms with Crippen molar-refractivity contribution in [2.24, 2.45) is 40.7 Å². The first-order valence-electron chi connectivity index (χ1n) is 36.3. The number of hydrogen-bond acceptors (Lipinski definition) is 32. The van der Waals surface area contributed by atoms with Gasteiger partial charge in [-0.3, -0.25) is 59.0 Å². The van der Waals surface area contributed by atoms with Gasteiger partial charge in [0, 0.05) is 65.9 Å². The molecule has 0 saturated carbocycles. The molecule has 8 rings (SSSR count). The first-order valence-corrected chi connectivity index (χ1v) is 46.3. The molecule has 0 aliphatic rings. The summed E-state index contributed by atoms with van der Waals surface area (Å²) < 4.78 is 171. The van der Waals surface area contributed by atoms with Crippen LogP contribution in [0, 0.1) is 51.0 Å². The van der Waals surface area contributed by atoms with Crippen LogP contribution >= 0.6 is 56.9 Å². The number of carbonyl (C=O) groups excluding carboxylic acids is 8. The zero-order valence-electron chi connectivity index (χ0n) is 67.1. The van der Waals surface area contributed by atoms with Gasteiger partial charge in [0.25, 0.3) is 40.5 Å². The lowest BCUT2D eigenvalue weighted by Gasteiger charge is -2.16. The SMILES string of the molecule is CC(Cc1ccc(C(=O)Oc2ccc(C(=N)N)cc2)s1)C(=O)N[C@@H](CS(=O)(=O)O)C(=O)O.CC(Cc1ccc(C(=O)Oc2ccc(C(=N)N)cc2Cl)s1)C(=O)N[C@@H](CS(=O)(=O)O)C(=O)O.CC(Cc1ccc(C(=O)Oc2ccc(C(=N)N)cc2F)s1)C(=O)N[C@@H](CS(=O)(=O)O)C(=O)O.N=C(N)c1ccc(OC(=O)c2ccc(CCC(=O)N[C@@H](CS(=O)(=O)O)C(=O)O)s2)c(F)c1. The van der Waals surface area contributed by atoms with Gasteiger partial charge < -0.3 is 83.6 Å². The van der Waals surface area contributed by atoms with Crippen molar-refractivity contribution in [2.75, 3.05) is 23.0 Å². The van der Waals surface area contributed by atoms with Crippen LogP contribution in [0.3, 0.4) is 0 Å². The highest BCUT2D eigenvalue weighted by Gasteiger charge is 2.33. The molecule has 55 heteroatoms. The summed E-state index contributed by atoms with van der Waals surface area (Å²) in [4.78, 5) is 145. The standard InChI is InChI=1S/C19H20ClN3O8S2.C19H20FN3O8S2.C19H21N3O8S2.C18H18FN3O8S2/c2*1-9(17(24)23-13(18(25)26)8-33(28,29)30)6-11-3-5-15(32-11)19(27)31-14-4-2-10(16(21)22)7-12(14)20;1-10(17(23)22-14(18(24)25)9-32(27,28)29)8-13-6-7-15(31-13)19(26)30-12-4-2-11(3-5-12)16(20)21;19-11-7-9(16(20)21)1-4-13(11)30-18(26)14-5-2-10(31-14)3-6-15(23)22-12(17(24)25)8-32(27,28)29/h2*2-5,7,9,13H,6,8H2,1H3,(H3,21,22)(H,23,24)(H,25,26)(H,28,29,30);2-7,10,14H,8-9H2,1H3,(H3,20,21)(H,22,23)(H,24,25)(H,27,28,29);1-2,4-5,7,12H,3,6,8H2,(H3,20,21)(H,22,23)(H,24,25)(H,27,28,29)/t2*9?,13-;10?,14-;12-/m0000/s1. The van der Waals surface area contributed by atoms with Crippen LogP contribution in [0.2, 0.25) is 5.02 Å². The van der Waals surface area contributed by atoms with Crippen molar-refractivity contribution in [3.63, 3.8) is 0 Å². The van der Waals surface area contributed by atoms with Crippen molar-refractivity contribution < 1.29 is 158 Å². The van der Waals surface area contributed by atoms with E-state index in [1.807, 2.05) is 10.6 Å². The van der Waals surface area contributed by atoms with Crippen LogP contribution in [0.1, 0.15) is 108 Å². The van der Waals surface area contributed by atoms with Gasteiger partial charge in [0.05, 0.1) is 5.02 Å². The van der Waals surface area contributed by atoms with Crippen molar-refractivity contribution in [1.82, 2.24) is 21.3 Å². The Morgan fingerprint density at radius 3 is 0.923 bits per heavy atom. The number of esters is 4. The van der Waals surface area contributed by atoms with E-state index in [2.05, 4.69) is 10.6 Å². The number of nitrogens with two attached hydrogens (primary N) is 4. The molecule has 24 N–H and O–H groups in total. The third kappa shape index (κ3) is 37.0. The van der Waals surface area contributed by atoms with Crippen LogP contribution in [0.25, 0.3) is 0 Å². The number of amides is 4. The van der Waals surface area contributed by atoms with Crippen molar-refractivity contribution >= 4 is 192 Å². The molecule has 4 heterocycles. The molecule has 700 valence electrons. The Morgan fingerprint density at radius 1 is 0.377 bits per heavy atom. The number of amidine groups is 4. The zero-order valence-corrected chi connectivity index (χ0v) is 74.4. The topological polar surface area (TPSA) is 788 Å². The average molecular weight is 1990 g/mol. The quantitative estimate of drug-likeness (QED) is 0.00839. The number of carboxylic acids is 4. The summed E-state index contributed by atoms with van der Waals surface area (Å²) in [5, 5.41) is 73.6. The third-order valence-electron chi connectivity index (χ3n) is 16.6. The Bertz CT molecular complexity index is 5960. The monoisotopic (exact) mass is 1990 g/mol. The van der Waals surface area contributed by atoms with Gasteiger partial charge >= 0.3 is 47.8 Å². The lowest BCUT2D eigenvalue weighted by atomic mass is 10.1. The molecule has 0 radical (unpaired) electrons. The van der Waals surface area contributed by atoms with Crippen LogP contribution in [-0.2, 0) is 105 Å². The molecule has 3 unspecified atom stereocenters. The van der Waals surface area contributed by atoms with Crippen molar-refractivity contribution in [3.05, 3.63) is 205 Å². The molecule has 4 amide bonds. The highest BCUT2D eigenvalue weighted by atomic mass is 35.5. The molecule has 0 bridgehead atoms. The lowest BCUT2D eigenvalue weighted by Crippen LogP contribution is -2.47. The largest absolute Gasteiger partial charge is 0.480 e. The van der Waals surface area contributed by atoms with E-state index in [1.54, 1.807) is 12.1 Å². The van der Waals surface area contributed by atoms with Crippen molar-refractivity contribution in [3.8, 4) is 23.0 Å². The van der Waals surface area contributed by atoms with Crippen molar-refractivity contribution in [1.29, 1.82) is 21.6 Å². The fourth-order valence-electron chi connectivity index (χ4n) is 10.1. The maximum absolute atomic E-state index is 14.1. The predicted molar refractivity (Wildman–Crippen MR) is 463 cm³/mol. The van der Waals surface area contributed by atoms with E-state index in [0.29, 0.717) is 30.6 Å². The average Bonchev–Trinajstić information content (AvgIpc) is 1.67. The first kappa shape index (κ1) is 108. The van der Waals surface area contributed by atoms with E-state index in [9.17, 15) is 100.0 Å². The number of aliphatic carboxylic acids is 4. The third-order valence-corrected chi connectivity index (χ3v) is 24.3. The first-order chi connectivity index (χ1) is 60.2. The number of nitrogen functional groups attached to an aromatic ring is 4. The Balaban J connectivity index is 0.000000307. The van der Waals surface area contributed by atoms with Crippen LogP contribution in [0.15, 0.2) is 127 Å². The Morgan fingerprint density at radius 2 is 0.638 bits per heavy atom. The van der Waals surface area contributed by atoms with Gasteiger partial charge in [-0.2, -0.15) is 33.7 Å². The molecule has 0 fully saturated rings. The molecule has 8 aromatic rings. The van der Waals surface area contributed by atoms with Crippen LogP contribution in [0.5, 0.6) is 23.0 Å². The summed E-state index contributed by atoms with van der Waals surface area (Å²) in [5.74, 6) is -22.5. The second-order valence-electron chi connectivity index (χ2n) is 27.2. The van der Waals surface area contributed by atoms with E-state index >= 15 is 0 Å². The fraction of sp³-hybridized carbons (Fsp3) is 0.253. The Labute approximate surface area is 756 Å². The minimum Gasteiger partial charge on any atom is -0.480 e. The highest BCUT2D eigenvalue weighted by molar-refractivity contribution is 7.86. The summed E-state index contributed by atoms with van der Waals surface area (Å²) >= 11 is 10.1. The minimum atomic E-state index is -4.63. The Hall–Kier alpha value is -13.0. The number of nitrogens with one attached hydrogen (secondary N) is 8. The molecular formula is C75H79ClF2N12O32S8. The van der Waals surface area contributed by atoms with Gasteiger partial charge in [-0.15, -0.1) is 45.3 Å². The van der Waals surface area contributed by atoms with Gasteiger partial charge in [-0.1, -0.05) is 32.4 Å². The van der Waals surface area contributed by atoms with E-state index in [0.717, 1.165) is 69.6 Å². The van der Waals surface area contributed by atoms with E-state index in [4.69, 9.17) is 114 Å². The second kappa shape index (κ2) is 47.9. The summed E-state index contributed by atoms with van der Waals surface area (Å²) in [6, 6.07) is 22.1. The highest BCUT2D eigenvalue weighted by Crippen LogP contribution is 2.31. The summed E-state index contributed by atoms with van der Waals surface area (Å²) in [5.41, 5.74) is 22.4. The van der Waals surface area contributed by atoms with Gasteiger partial charge in [-0.05, 0) is 153 Å². The fourth-order valence-corrected chi connectivity index (χ4v) is 16.9. The van der Waals surface area contributed by atoms with E-state index in [1.165, 1.54) is 112 Å². The van der Waals surface area contributed by atoms with Crippen molar-refractivity contribution in [2.45, 2.75) is 77.0 Å². The minimum absolute atomic E-state index is 0.0768. The van der Waals surface area contributed by atoms with Gasteiger partial charge in [-0.25, -0.2) is 47.1 Å². The molecule has 0 aliphatic heterocycles. The maximum Gasteiger partial charge on any atom is 0.353 e. The molecule has 0 spiro atoms. The second-order valence-corrected chi connectivity index (χ2v) is 38.3. The van der Waals surface area contributed by atoms with Gasteiger partial charge in [0.1, 0.15) is 102 Å². The number of halogens is 3. The molecule has 130 heavy (non-hydrogen) atoms. The molecule has 4 aromatic heterocycles. The predicted octanol–water partition coefficient (Wildman–Crippen LogP) is 4.23. The molecule has 7 atom stereocenters. The summed E-state index contributed by atoms with van der Waals surface area (Å²) in [6.07, 6.45) is 0.268. The summed E-state index contributed by atoms with van der Waals surface area (Å²) in [7, 11) is -18.5. The number of hydrogen-bond donors (Lipinski definition) is 20. The number of carboxylic acid groups (broad SMARTS) is 4. The van der Waals surface area contributed by atoms with Crippen LogP contribution < -0.4 is 63.1 Å². The van der Waals surface area contributed by atoms with Crippen LogP contribution in [0.4, 0.5) is 8.78 Å². The zero-order chi connectivity index (χ0) is 97.9. The number of rotatable bonds is 40. The molecule has 4 aromatic carbocycles. The number of ether oxygens (including phenoxy) is 4. The normalized spacial score (nSPS) is 12.8. The van der Waals surface area contributed by atoms with Crippen LogP contribution in [-0.4, -0.2) is 214 Å². The molecule has 0 saturated heterocycles. The number of aryl methyl sites for hydroxylation is 1. The van der Waals surface area contributed by atoms with E-state index in [-0.39, 0.29) is 114 Å². The maximum atomic E-state index is 14.1. The summed E-state index contributed by atoms with van der Waals surface area (Å²) in [6.45, 7) is 4.47. The lowest BCUT2D eigenvalue weighted by molar-refractivity contribution is -0.142. The van der Waals surface area contributed by atoms with Gasteiger partial charge in [0.15, 0.2) is 23.1 Å². The number of benzene rings is 4. The molecular weight excluding hydrogens is 1910 g/mol. The number of carbonyl (C=O) groups is 12. The molecule has 0 aliphatic carbocycles. The molecule has 44 nitrogen and oxygen atoms in total. The van der Waals surface area contributed by atoms with E-state index < -0.39 is 188 Å². The van der Waals surface area contributed by atoms with Gasteiger partial charge in [0.2, 0.25) is 23.6 Å².